The van der Waals surface area contributed by atoms with Gasteiger partial charge in [-0.15, -0.1) is 0 Å². The number of halogens is 1. The third kappa shape index (κ3) is 1.000. The Hall–Kier alpha value is -0.850. The average Bonchev–Trinajstić information content (AvgIpc) is 1.69. The Morgan fingerprint density at radius 1 is 1.43 bits per heavy atom. The summed E-state index contributed by atoms with van der Waals surface area (Å²) < 4.78 is 11.8. The van der Waals surface area contributed by atoms with Crippen LogP contribution >= 0.6 is 0 Å². The molecule has 2 radical (unpaired) electrons. The minimum absolute atomic E-state index is 0.359. The summed E-state index contributed by atoms with van der Waals surface area (Å²) in [6.45, 7) is 0. The van der Waals surface area contributed by atoms with Gasteiger partial charge in [0.15, 0.2) is 0 Å². The molecule has 1 heteroatoms. The highest BCUT2D eigenvalue weighted by Gasteiger charge is 1.78. The number of benzene rings is 1. The van der Waals surface area contributed by atoms with Gasteiger partial charge in [0, 0.05) is 6.07 Å². The van der Waals surface area contributed by atoms with E-state index in [1.807, 2.05) is 0 Å². The molecule has 7 heavy (non-hydrogen) atoms. The minimum atomic E-state index is -0.359. The lowest BCUT2D eigenvalue weighted by molar-refractivity contribution is 0.625. The maximum atomic E-state index is 11.8. The lowest BCUT2D eigenvalue weighted by atomic mass is 10.4. The van der Waals surface area contributed by atoms with Crippen LogP contribution in [0.2, 0.25) is 0 Å². The second-order valence-corrected chi connectivity index (χ2v) is 1.14. The maximum Gasteiger partial charge on any atom is 0.131 e. The highest BCUT2D eigenvalue weighted by atomic mass is 19.1. The molecule has 0 saturated heterocycles. The molecule has 0 amide bonds. The van der Waals surface area contributed by atoms with Gasteiger partial charge < -0.3 is 0 Å². The fourth-order valence-electron chi connectivity index (χ4n) is 0.332. The quantitative estimate of drug-likeness (QED) is 0.456. The van der Waals surface area contributed by atoms with E-state index in [0.717, 1.165) is 0 Å². The molecule has 0 nitrogen and oxygen atoms in total. The molecule has 0 atom stereocenters. The molecule has 0 bridgehead atoms. The van der Waals surface area contributed by atoms with Crippen molar-refractivity contribution in [2.45, 2.75) is 0 Å². The Kier molecular flexibility index (Phi) is 1.07. The molecule has 1 aromatic carbocycles. The van der Waals surface area contributed by atoms with Gasteiger partial charge in [0.2, 0.25) is 0 Å². The molecule has 0 aliphatic rings. The van der Waals surface area contributed by atoms with Crippen LogP contribution < -0.4 is 0 Å². The van der Waals surface area contributed by atoms with Crippen LogP contribution in [0.1, 0.15) is 0 Å². The first-order chi connectivity index (χ1) is 3.39. The van der Waals surface area contributed by atoms with Gasteiger partial charge >= 0.3 is 0 Å². The molecule has 0 N–H and O–H groups in total. The minimum Gasteiger partial charge on any atom is -0.206 e. The first kappa shape index (κ1) is 4.31. The summed E-state index contributed by atoms with van der Waals surface area (Å²) in [5.74, 6) is -0.359. The average molecular weight is 94.1 g/mol. The zero-order valence-corrected chi connectivity index (χ0v) is 3.61. The third-order valence-corrected chi connectivity index (χ3v) is 0.611. The first-order valence-electron chi connectivity index (χ1n) is 1.93. The molecule has 0 fully saturated rings. The molecule has 0 spiro atoms. The van der Waals surface area contributed by atoms with Crippen LogP contribution in [0.15, 0.2) is 18.2 Å². The molecule has 34 valence electrons. The largest absolute Gasteiger partial charge is 0.206 e. The zero-order chi connectivity index (χ0) is 5.11. The number of hydrogen-bond acceptors (Lipinski definition) is 0. The summed E-state index contributed by atoms with van der Waals surface area (Å²) in [4.78, 5) is 0. The maximum absolute atomic E-state index is 11.8. The van der Waals surface area contributed by atoms with E-state index in [1.54, 1.807) is 6.07 Å². The molecule has 0 saturated carbocycles. The molecule has 0 heterocycles. The predicted molar refractivity (Wildman–Crippen MR) is 24.1 cm³/mol. The summed E-state index contributed by atoms with van der Waals surface area (Å²) in [5.41, 5.74) is 0. The summed E-state index contributed by atoms with van der Waals surface area (Å²) in [7, 11) is 0. The van der Waals surface area contributed by atoms with Crippen LogP contribution in [-0.4, -0.2) is 0 Å². The second-order valence-electron chi connectivity index (χ2n) is 1.14. The summed E-state index contributed by atoms with van der Waals surface area (Å²) in [6, 6.07) is 9.21. The lowest BCUT2D eigenvalue weighted by Gasteiger charge is -1.76. The van der Waals surface area contributed by atoms with Gasteiger partial charge in [-0.25, -0.2) is 4.39 Å². The van der Waals surface area contributed by atoms with Crippen molar-refractivity contribution in [2.24, 2.45) is 0 Å². The first-order valence-corrected chi connectivity index (χ1v) is 1.93. The van der Waals surface area contributed by atoms with Crippen molar-refractivity contribution < 1.29 is 4.39 Å². The molecule has 1 rings (SSSR count). The van der Waals surface area contributed by atoms with Gasteiger partial charge in [-0.2, -0.15) is 0 Å². The third-order valence-electron chi connectivity index (χ3n) is 0.611. The molecule has 0 aliphatic carbocycles. The van der Waals surface area contributed by atoms with Gasteiger partial charge in [0.05, 0.1) is 0 Å². The Bertz CT molecular complexity index is 134. The van der Waals surface area contributed by atoms with Crippen LogP contribution in [0.3, 0.4) is 0 Å². The fraction of sp³-hybridized carbons (Fsp3) is 0. The molecular formula is C6H3F. The Labute approximate surface area is 41.6 Å². The van der Waals surface area contributed by atoms with E-state index in [2.05, 4.69) is 12.1 Å². The summed E-state index contributed by atoms with van der Waals surface area (Å²) in [5, 5.41) is 0. The van der Waals surface area contributed by atoms with E-state index in [0.29, 0.717) is 0 Å². The monoisotopic (exact) mass is 94.0 g/mol. The van der Waals surface area contributed by atoms with Gasteiger partial charge in [-0.1, -0.05) is 12.1 Å². The summed E-state index contributed by atoms with van der Waals surface area (Å²) >= 11 is 0. The van der Waals surface area contributed by atoms with Crippen molar-refractivity contribution in [3.8, 4) is 0 Å². The highest BCUT2D eigenvalue weighted by Crippen LogP contribution is 1.89. The van der Waals surface area contributed by atoms with Gasteiger partial charge in [-0.3, -0.25) is 0 Å². The normalized spacial score (nSPS) is 8.71. The Morgan fingerprint density at radius 2 is 2.29 bits per heavy atom. The standard InChI is InChI=1S/C6H3F/c7-6-4-2-1-3-5-6/h1-2,5H. The van der Waals surface area contributed by atoms with E-state index < -0.39 is 0 Å². The second kappa shape index (κ2) is 1.73. The lowest BCUT2D eigenvalue weighted by Crippen LogP contribution is -1.66. The van der Waals surface area contributed by atoms with Crippen molar-refractivity contribution in [1.29, 1.82) is 0 Å². The van der Waals surface area contributed by atoms with Crippen molar-refractivity contribution in [3.05, 3.63) is 36.1 Å². The fourth-order valence-corrected chi connectivity index (χ4v) is 0.332. The number of rotatable bonds is 0. The van der Waals surface area contributed by atoms with E-state index in [4.69, 9.17) is 0 Å². The van der Waals surface area contributed by atoms with E-state index >= 15 is 0 Å². The molecule has 0 aromatic heterocycles. The summed E-state index contributed by atoms with van der Waals surface area (Å²) in [6.07, 6.45) is 0. The van der Waals surface area contributed by atoms with Gasteiger partial charge in [0.1, 0.15) is 5.82 Å². The van der Waals surface area contributed by atoms with E-state index in [-0.39, 0.29) is 5.82 Å². The van der Waals surface area contributed by atoms with Crippen molar-refractivity contribution in [2.75, 3.05) is 0 Å². The SMILES string of the molecule is Fc1[c]cc[c]c1. The van der Waals surface area contributed by atoms with Crippen molar-refractivity contribution >= 4 is 0 Å². The molecular weight excluding hydrogens is 91.1 g/mol. The van der Waals surface area contributed by atoms with E-state index in [9.17, 15) is 4.39 Å². The van der Waals surface area contributed by atoms with Gasteiger partial charge in [0.25, 0.3) is 0 Å². The highest BCUT2D eigenvalue weighted by molar-refractivity contribution is 4.98. The van der Waals surface area contributed by atoms with E-state index in [1.165, 1.54) is 12.1 Å². The van der Waals surface area contributed by atoms with Crippen molar-refractivity contribution in [1.82, 2.24) is 0 Å². The van der Waals surface area contributed by atoms with Crippen LogP contribution in [0.25, 0.3) is 0 Å². The predicted octanol–water partition coefficient (Wildman–Crippen LogP) is 1.43. The Morgan fingerprint density at radius 3 is 2.57 bits per heavy atom. The van der Waals surface area contributed by atoms with Crippen molar-refractivity contribution in [3.63, 3.8) is 0 Å². The smallest absolute Gasteiger partial charge is 0.131 e. The number of hydrogen-bond donors (Lipinski definition) is 0. The molecule has 0 aliphatic heterocycles. The zero-order valence-electron chi connectivity index (χ0n) is 3.61. The Balaban J connectivity index is 3.02. The van der Waals surface area contributed by atoms with Gasteiger partial charge in [-0.05, 0) is 12.1 Å². The topological polar surface area (TPSA) is 0 Å². The van der Waals surface area contributed by atoms with Crippen LogP contribution in [0, 0.1) is 17.9 Å². The molecule has 0 unspecified atom stereocenters. The van der Waals surface area contributed by atoms with Crippen LogP contribution in [0.5, 0.6) is 0 Å². The van der Waals surface area contributed by atoms with Crippen LogP contribution in [0.4, 0.5) is 4.39 Å². The van der Waals surface area contributed by atoms with Crippen LogP contribution in [-0.2, 0) is 0 Å². The molecule has 1 aromatic rings.